The zero-order valence-corrected chi connectivity index (χ0v) is 19.9. The van der Waals surface area contributed by atoms with Crippen molar-refractivity contribution in [3.63, 3.8) is 0 Å². The first-order valence-electron chi connectivity index (χ1n) is 10.9. The van der Waals surface area contributed by atoms with E-state index in [1.807, 2.05) is 30.3 Å². The Bertz CT molecular complexity index is 1260. The van der Waals surface area contributed by atoms with Gasteiger partial charge in [0.25, 0.3) is 5.91 Å². The molecule has 3 aromatic carbocycles. The monoisotopic (exact) mass is 481 g/mol. The highest BCUT2D eigenvalue weighted by atomic mass is 32.2. The van der Waals surface area contributed by atoms with E-state index < -0.39 is 15.9 Å². The molecular formula is C25H27N3O5S. The second-order valence-electron chi connectivity index (χ2n) is 7.78. The highest BCUT2D eigenvalue weighted by Gasteiger charge is 2.29. The molecule has 0 unspecified atom stereocenters. The number of ether oxygens (including phenoxy) is 2. The van der Waals surface area contributed by atoms with E-state index in [0.717, 1.165) is 5.69 Å². The average Bonchev–Trinajstić information content (AvgIpc) is 2.89. The lowest BCUT2D eigenvalue weighted by molar-refractivity contribution is 0.102. The van der Waals surface area contributed by atoms with Crippen LogP contribution in [0.5, 0.6) is 11.5 Å². The van der Waals surface area contributed by atoms with Crippen molar-refractivity contribution >= 4 is 27.3 Å². The van der Waals surface area contributed by atoms with Gasteiger partial charge >= 0.3 is 0 Å². The minimum Gasteiger partial charge on any atom is -0.493 e. The molecule has 0 radical (unpaired) electrons. The zero-order valence-electron chi connectivity index (χ0n) is 19.1. The Labute approximate surface area is 199 Å². The summed E-state index contributed by atoms with van der Waals surface area (Å²) in [5.74, 6) is 0.602. The molecule has 4 rings (SSSR count). The van der Waals surface area contributed by atoms with Gasteiger partial charge in [-0.1, -0.05) is 24.3 Å². The van der Waals surface area contributed by atoms with Gasteiger partial charge in [0.05, 0.1) is 19.1 Å². The van der Waals surface area contributed by atoms with Crippen molar-refractivity contribution in [1.29, 1.82) is 0 Å². The minimum atomic E-state index is -3.73. The summed E-state index contributed by atoms with van der Waals surface area (Å²) in [6, 6.07) is 21.0. The Morgan fingerprint density at radius 3 is 2.21 bits per heavy atom. The number of para-hydroxylation sites is 1. The first-order chi connectivity index (χ1) is 16.4. The van der Waals surface area contributed by atoms with Crippen molar-refractivity contribution in [1.82, 2.24) is 4.31 Å². The average molecular weight is 482 g/mol. The summed E-state index contributed by atoms with van der Waals surface area (Å²) in [4.78, 5) is 15.1. The third-order valence-electron chi connectivity index (χ3n) is 5.74. The zero-order chi connectivity index (χ0) is 24.1. The number of carbonyl (C=O) groups excluding carboxylic acids is 1. The molecule has 0 bridgehead atoms. The van der Waals surface area contributed by atoms with Crippen molar-refractivity contribution in [2.45, 2.75) is 4.90 Å². The van der Waals surface area contributed by atoms with Crippen molar-refractivity contribution in [2.24, 2.45) is 0 Å². The minimum absolute atomic E-state index is 0.0978. The molecule has 1 N–H and O–H groups in total. The number of hydrogen-bond acceptors (Lipinski definition) is 6. The number of hydrogen-bond donors (Lipinski definition) is 1. The fourth-order valence-electron chi connectivity index (χ4n) is 3.89. The molecule has 8 nitrogen and oxygen atoms in total. The summed E-state index contributed by atoms with van der Waals surface area (Å²) in [6.45, 7) is 1.95. The predicted octanol–water partition coefficient (Wildman–Crippen LogP) is 3.47. The van der Waals surface area contributed by atoms with Crippen molar-refractivity contribution in [2.75, 3.05) is 50.6 Å². The number of nitrogens with one attached hydrogen (secondary N) is 1. The molecule has 1 saturated heterocycles. The van der Waals surface area contributed by atoms with Crippen LogP contribution in [0.1, 0.15) is 10.4 Å². The van der Waals surface area contributed by atoms with Crippen LogP contribution >= 0.6 is 0 Å². The molecule has 0 atom stereocenters. The lowest BCUT2D eigenvalue weighted by atomic mass is 10.2. The van der Waals surface area contributed by atoms with Crippen LogP contribution in [0.3, 0.4) is 0 Å². The van der Waals surface area contributed by atoms with E-state index in [1.54, 1.807) is 30.3 Å². The van der Waals surface area contributed by atoms with Gasteiger partial charge in [0, 0.05) is 49.2 Å². The largest absolute Gasteiger partial charge is 0.493 e. The number of amides is 1. The van der Waals surface area contributed by atoms with Gasteiger partial charge in [-0.15, -0.1) is 0 Å². The third kappa shape index (κ3) is 5.00. The normalized spacial score (nSPS) is 14.5. The molecule has 178 valence electrons. The smallest absolute Gasteiger partial charge is 0.255 e. The molecule has 1 heterocycles. The summed E-state index contributed by atoms with van der Waals surface area (Å²) < 4.78 is 38.5. The lowest BCUT2D eigenvalue weighted by Crippen LogP contribution is -2.48. The molecular weight excluding hydrogens is 454 g/mol. The van der Waals surface area contributed by atoms with E-state index in [4.69, 9.17) is 9.47 Å². The third-order valence-corrected chi connectivity index (χ3v) is 7.63. The maximum absolute atomic E-state index is 13.3. The van der Waals surface area contributed by atoms with Crippen LogP contribution in [0.15, 0.2) is 77.7 Å². The second kappa shape index (κ2) is 10.1. The number of sulfonamides is 1. The van der Waals surface area contributed by atoms with Gasteiger partial charge in [-0.3, -0.25) is 4.79 Å². The fourth-order valence-corrected chi connectivity index (χ4v) is 5.36. The van der Waals surface area contributed by atoms with E-state index in [1.165, 1.54) is 30.7 Å². The van der Waals surface area contributed by atoms with Gasteiger partial charge in [0.1, 0.15) is 0 Å². The molecule has 3 aromatic rings. The molecule has 0 spiro atoms. The number of rotatable bonds is 7. The first kappa shape index (κ1) is 23.6. The SMILES string of the molecule is COc1ccc(NC(=O)c2cccc(S(=O)(=O)N3CCN(c4ccccc4)CC3)c2)cc1OC. The van der Waals surface area contributed by atoms with Crippen molar-refractivity contribution < 1.29 is 22.7 Å². The first-order valence-corrected chi connectivity index (χ1v) is 12.3. The molecule has 9 heteroatoms. The molecule has 1 aliphatic heterocycles. The highest BCUT2D eigenvalue weighted by molar-refractivity contribution is 7.89. The van der Waals surface area contributed by atoms with E-state index in [9.17, 15) is 13.2 Å². The van der Waals surface area contributed by atoms with Gasteiger partial charge in [0.15, 0.2) is 11.5 Å². The Balaban J connectivity index is 1.47. The van der Waals surface area contributed by atoms with E-state index in [2.05, 4.69) is 10.2 Å². The van der Waals surface area contributed by atoms with Crippen molar-refractivity contribution in [3.05, 3.63) is 78.4 Å². The maximum atomic E-state index is 13.3. The van der Waals surface area contributed by atoms with Crippen LogP contribution in [0.25, 0.3) is 0 Å². The number of methoxy groups -OCH3 is 2. The number of benzene rings is 3. The molecule has 1 fully saturated rings. The van der Waals surface area contributed by atoms with Crippen LogP contribution in [-0.2, 0) is 10.0 Å². The summed E-state index contributed by atoms with van der Waals surface area (Å²) >= 11 is 0. The highest BCUT2D eigenvalue weighted by Crippen LogP contribution is 2.30. The standard InChI is InChI=1S/C25H27N3O5S/c1-32-23-12-11-20(18-24(23)33-2)26-25(29)19-7-6-10-22(17-19)34(30,31)28-15-13-27(14-16-28)21-8-4-3-5-9-21/h3-12,17-18H,13-16H2,1-2H3,(H,26,29). The predicted molar refractivity (Wildman–Crippen MR) is 131 cm³/mol. The van der Waals surface area contributed by atoms with Crippen LogP contribution < -0.4 is 19.7 Å². The van der Waals surface area contributed by atoms with E-state index in [-0.39, 0.29) is 10.5 Å². The maximum Gasteiger partial charge on any atom is 0.255 e. The summed E-state index contributed by atoms with van der Waals surface area (Å²) in [5, 5.41) is 2.78. The second-order valence-corrected chi connectivity index (χ2v) is 9.72. The summed E-state index contributed by atoms with van der Waals surface area (Å²) in [6.07, 6.45) is 0. The Hall–Kier alpha value is -3.56. The van der Waals surface area contributed by atoms with E-state index in [0.29, 0.717) is 43.4 Å². The molecule has 0 aromatic heterocycles. The van der Waals surface area contributed by atoms with Gasteiger partial charge in [-0.05, 0) is 42.5 Å². The topological polar surface area (TPSA) is 88.2 Å². The number of nitrogens with zero attached hydrogens (tertiary/aromatic N) is 2. The Kier molecular flexibility index (Phi) is 7.04. The molecule has 0 saturated carbocycles. The molecule has 34 heavy (non-hydrogen) atoms. The molecule has 1 aliphatic rings. The van der Waals surface area contributed by atoms with Crippen molar-refractivity contribution in [3.8, 4) is 11.5 Å². The summed E-state index contributed by atoms with van der Waals surface area (Å²) in [7, 11) is -0.683. The van der Waals surface area contributed by atoms with Crippen LogP contribution in [0, 0.1) is 0 Å². The lowest BCUT2D eigenvalue weighted by Gasteiger charge is -2.35. The van der Waals surface area contributed by atoms with Crippen LogP contribution in [-0.4, -0.2) is 59.0 Å². The Morgan fingerprint density at radius 1 is 0.824 bits per heavy atom. The Morgan fingerprint density at radius 2 is 1.53 bits per heavy atom. The molecule has 0 aliphatic carbocycles. The molecule has 1 amide bonds. The van der Waals surface area contributed by atoms with Gasteiger partial charge in [-0.2, -0.15) is 4.31 Å². The van der Waals surface area contributed by atoms with Gasteiger partial charge in [-0.25, -0.2) is 8.42 Å². The van der Waals surface area contributed by atoms with E-state index >= 15 is 0 Å². The summed E-state index contributed by atoms with van der Waals surface area (Å²) in [5.41, 5.74) is 1.83. The fraction of sp³-hybridized carbons (Fsp3) is 0.240. The number of carbonyl (C=O) groups is 1. The van der Waals surface area contributed by atoms with Crippen LogP contribution in [0.2, 0.25) is 0 Å². The van der Waals surface area contributed by atoms with Gasteiger partial charge in [0.2, 0.25) is 10.0 Å². The number of anilines is 2. The van der Waals surface area contributed by atoms with Gasteiger partial charge < -0.3 is 19.7 Å². The quantitative estimate of drug-likeness (QED) is 0.556. The van der Waals surface area contributed by atoms with Crippen LogP contribution in [0.4, 0.5) is 11.4 Å². The number of piperazine rings is 1.